The molecular weight excluding hydrogens is 268 g/mol. The summed E-state index contributed by atoms with van der Waals surface area (Å²) in [6, 6.07) is 10.2. The molecule has 2 aromatic carbocycles. The van der Waals surface area contributed by atoms with E-state index in [-0.39, 0.29) is 18.1 Å². The van der Waals surface area contributed by atoms with Gasteiger partial charge in [0.05, 0.1) is 5.75 Å². The van der Waals surface area contributed by atoms with Crippen LogP contribution in [0.15, 0.2) is 42.5 Å². The molecule has 0 fully saturated rings. The predicted octanol–water partition coefficient (Wildman–Crippen LogP) is 3.33. The highest BCUT2D eigenvalue weighted by Crippen LogP contribution is 2.20. The molecule has 0 spiro atoms. The lowest BCUT2D eigenvalue weighted by Gasteiger charge is -2.20. The Labute approximate surface area is 114 Å². The molecule has 0 radical (unpaired) electrons. The molecule has 1 N–H and O–H groups in total. The zero-order valence-electron chi connectivity index (χ0n) is 10.8. The molecule has 0 saturated heterocycles. The van der Waals surface area contributed by atoms with Gasteiger partial charge in [-0.1, -0.05) is 35.3 Å². The smallest absolute Gasteiger partial charge is 0.508 e. The lowest BCUT2D eigenvalue weighted by molar-refractivity contribution is 0.306. The van der Waals surface area contributed by atoms with E-state index in [2.05, 4.69) is 0 Å². The minimum atomic E-state index is -5.12. The summed E-state index contributed by atoms with van der Waals surface area (Å²) in [6.07, 6.45) is 0. The Morgan fingerprint density at radius 1 is 1.10 bits per heavy atom. The van der Waals surface area contributed by atoms with Crippen molar-refractivity contribution in [3.63, 3.8) is 0 Å². The maximum atomic E-state index is 13.0. The van der Waals surface area contributed by atoms with Crippen LogP contribution in [0.5, 0.6) is 11.5 Å². The second kappa shape index (κ2) is 5.49. The number of benzene rings is 2. The first-order chi connectivity index (χ1) is 9.36. The number of ether oxygens (including phenoxy) is 1. The molecule has 0 atom stereocenters. The Bertz CT molecular complexity index is 612. The van der Waals surface area contributed by atoms with E-state index < -0.39 is 12.4 Å². The van der Waals surface area contributed by atoms with Crippen molar-refractivity contribution in [1.82, 2.24) is 0 Å². The fraction of sp³-hybridized carbons (Fsp3) is 0.143. The van der Waals surface area contributed by atoms with Crippen LogP contribution in [0, 0.1) is 6.92 Å². The standard InChI is InChI=1S/C14H13BF3O2/c1-10-5-6-14(13(7-10)15(16,17)18)20-9-11-3-2-4-12(19)8-11/h2-8,19H,9H2,1H3/q-1. The molecule has 0 heterocycles. The van der Waals surface area contributed by atoms with E-state index in [9.17, 15) is 18.1 Å². The third kappa shape index (κ3) is 3.47. The molecule has 2 aromatic rings. The van der Waals surface area contributed by atoms with E-state index in [0.717, 1.165) is 6.07 Å². The summed E-state index contributed by atoms with van der Waals surface area (Å²) in [5.41, 5.74) is 0.403. The number of halogens is 3. The zero-order valence-corrected chi connectivity index (χ0v) is 10.8. The van der Waals surface area contributed by atoms with Gasteiger partial charge >= 0.3 is 6.98 Å². The van der Waals surface area contributed by atoms with Crippen molar-refractivity contribution in [1.29, 1.82) is 0 Å². The molecule has 20 heavy (non-hydrogen) atoms. The van der Waals surface area contributed by atoms with E-state index in [4.69, 9.17) is 4.74 Å². The van der Waals surface area contributed by atoms with E-state index >= 15 is 0 Å². The summed E-state index contributed by atoms with van der Waals surface area (Å²) in [7, 11) is 0. The van der Waals surface area contributed by atoms with Gasteiger partial charge in [-0.3, -0.25) is 0 Å². The van der Waals surface area contributed by atoms with Crippen LogP contribution < -0.4 is 10.2 Å². The Morgan fingerprint density at radius 2 is 1.85 bits per heavy atom. The fourth-order valence-electron chi connectivity index (χ4n) is 1.86. The second-order valence-corrected chi connectivity index (χ2v) is 4.57. The largest absolute Gasteiger partial charge is 0.513 e. The van der Waals surface area contributed by atoms with Crippen LogP contribution in [-0.2, 0) is 6.61 Å². The number of phenolic OH excluding ortho intramolecular Hbond substituents is 1. The molecule has 0 aliphatic rings. The Balaban J connectivity index is 2.21. The lowest BCUT2D eigenvalue weighted by atomic mass is 9.78. The van der Waals surface area contributed by atoms with Crippen LogP contribution in [0.1, 0.15) is 11.1 Å². The quantitative estimate of drug-likeness (QED) is 0.871. The average Bonchev–Trinajstić information content (AvgIpc) is 2.36. The maximum absolute atomic E-state index is 13.0. The lowest BCUT2D eigenvalue weighted by Crippen LogP contribution is -2.35. The van der Waals surface area contributed by atoms with Crippen molar-refractivity contribution in [2.75, 3.05) is 0 Å². The Kier molecular flexibility index (Phi) is 3.92. The SMILES string of the molecule is Cc1ccc(OCc2cccc(O)c2)c([B-](F)(F)F)c1. The fourth-order valence-corrected chi connectivity index (χ4v) is 1.86. The number of rotatable bonds is 4. The highest BCUT2D eigenvalue weighted by Gasteiger charge is 2.29. The monoisotopic (exact) mass is 281 g/mol. The second-order valence-electron chi connectivity index (χ2n) is 4.57. The molecule has 0 amide bonds. The van der Waals surface area contributed by atoms with E-state index in [0.29, 0.717) is 11.1 Å². The maximum Gasteiger partial charge on any atom is 0.513 e. The van der Waals surface area contributed by atoms with Gasteiger partial charge in [-0.05, 0) is 30.7 Å². The molecule has 0 aliphatic heterocycles. The van der Waals surface area contributed by atoms with Crippen LogP contribution in [0.25, 0.3) is 0 Å². The molecule has 0 aliphatic carbocycles. The van der Waals surface area contributed by atoms with Crippen molar-refractivity contribution < 1.29 is 22.8 Å². The first-order valence-corrected chi connectivity index (χ1v) is 6.07. The van der Waals surface area contributed by atoms with Gasteiger partial charge in [0.15, 0.2) is 0 Å². The van der Waals surface area contributed by atoms with Crippen LogP contribution >= 0.6 is 0 Å². The minimum absolute atomic E-state index is 0.0311. The number of aromatic hydroxyl groups is 1. The van der Waals surface area contributed by atoms with Crippen LogP contribution in [-0.4, -0.2) is 12.1 Å². The number of hydrogen-bond acceptors (Lipinski definition) is 2. The van der Waals surface area contributed by atoms with E-state index in [1.807, 2.05) is 0 Å². The molecule has 6 heteroatoms. The molecule has 106 valence electrons. The van der Waals surface area contributed by atoms with Gasteiger partial charge in [-0.25, -0.2) is 0 Å². The molecule has 0 bridgehead atoms. The number of phenols is 1. The Morgan fingerprint density at radius 3 is 2.50 bits per heavy atom. The van der Waals surface area contributed by atoms with Crippen molar-refractivity contribution in [3.05, 3.63) is 53.6 Å². The van der Waals surface area contributed by atoms with Crippen molar-refractivity contribution in [3.8, 4) is 11.5 Å². The summed E-state index contributed by atoms with van der Waals surface area (Å²) in [6.45, 7) is -3.55. The molecule has 0 aromatic heterocycles. The van der Waals surface area contributed by atoms with E-state index in [1.165, 1.54) is 18.2 Å². The first-order valence-electron chi connectivity index (χ1n) is 6.07. The summed E-state index contributed by atoms with van der Waals surface area (Å²) < 4.78 is 44.1. The van der Waals surface area contributed by atoms with Crippen molar-refractivity contribution >= 4 is 12.4 Å². The van der Waals surface area contributed by atoms with Crippen LogP contribution in [0.2, 0.25) is 0 Å². The van der Waals surface area contributed by atoms with Gasteiger partial charge in [0, 0.05) is 0 Å². The van der Waals surface area contributed by atoms with Crippen molar-refractivity contribution in [2.24, 2.45) is 0 Å². The van der Waals surface area contributed by atoms with Crippen molar-refractivity contribution in [2.45, 2.75) is 13.5 Å². The predicted molar refractivity (Wildman–Crippen MR) is 72.3 cm³/mol. The van der Waals surface area contributed by atoms with Gasteiger partial charge in [0.25, 0.3) is 0 Å². The molecule has 2 rings (SSSR count). The topological polar surface area (TPSA) is 29.5 Å². The summed E-state index contributed by atoms with van der Waals surface area (Å²) in [4.78, 5) is 0. The zero-order chi connectivity index (χ0) is 14.8. The molecular formula is C14H13BF3O2-. The summed E-state index contributed by atoms with van der Waals surface area (Å²) in [5.74, 6) is -0.137. The van der Waals surface area contributed by atoms with Gasteiger partial charge in [-0.2, -0.15) is 0 Å². The van der Waals surface area contributed by atoms with E-state index in [1.54, 1.807) is 25.1 Å². The van der Waals surface area contributed by atoms with Crippen LogP contribution in [0.4, 0.5) is 12.9 Å². The van der Waals surface area contributed by atoms with Gasteiger partial charge in [-0.15, -0.1) is 0 Å². The highest BCUT2D eigenvalue weighted by molar-refractivity contribution is 6.74. The molecule has 2 nitrogen and oxygen atoms in total. The van der Waals surface area contributed by atoms with Gasteiger partial charge in [0.1, 0.15) is 12.4 Å². The molecule has 0 saturated carbocycles. The normalized spacial score (nSPS) is 11.4. The number of aryl methyl sites for hydroxylation is 1. The Hall–Kier alpha value is -2.11. The average molecular weight is 281 g/mol. The first kappa shape index (κ1) is 14.3. The number of hydrogen-bond donors (Lipinski definition) is 1. The molecule has 0 unspecified atom stereocenters. The third-order valence-electron chi connectivity index (χ3n) is 2.82. The van der Waals surface area contributed by atoms with Gasteiger partial charge in [0.2, 0.25) is 0 Å². The summed E-state index contributed by atoms with van der Waals surface area (Å²) >= 11 is 0. The van der Waals surface area contributed by atoms with Crippen LogP contribution in [0.3, 0.4) is 0 Å². The third-order valence-corrected chi connectivity index (χ3v) is 2.82. The summed E-state index contributed by atoms with van der Waals surface area (Å²) in [5, 5.41) is 9.30. The van der Waals surface area contributed by atoms with Gasteiger partial charge < -0.3 is 22.8 Å². The highest BCUT2D eigenvalue weighted by atomic mass is 19.4. The minimum Gasteiger partial charge on any atom is -0.508 e.